The zero-order valence-electron chi connectivity index (χ0n) is 15.7. The van der Waals surface area contributed by atoms with Crippen molar-refractivity contribution in [3.05, 3.63) is 93.2 Å². The van der Waals surface area contributed by atoms with E-state index in [1.807, 2.05) is 12.1 Å². The number of H-pyrrole nitrogens is 2. The fourth-order valence-corrected chi connectivity index (χ4v) is 4.17. The summed E-state index contributed by atoms with van der Waals surface area (Å²) < 4.78 is 1.69. The van der Waals surface area contributed by atoms with Crippen LogP contribution in [0.4, 0.5) is 0 Å². The Morgan fingerprint density at radius 3 is 2.87 bits per heavy atom. The Kier molecular flexibility index (Phi) is 3.49. The molecule has 1 aliphatic rings. The summed E-state index contributed by atoms with van der Waals surface area (Å²) in [5.74, 6) is 0.640. The number of fused-ring (bicyclic) bond motifs is 2. The van der Waals surface area contributed by atoms with E-state index in [0.29, 0.717) is 17.2 Å². The monoisotopic (exact) mass is 396 g/mol. The average Bonchev–Trinajstić information content (AvgIpc) is 3.41. The molecule has 0 saturated heterocycles. The van der Waals surface area contributed by atoms with Crippen molar-refractivity contribution < 1.29 is 0 Å². The molecule has 2 N–H and O–H groups in total. The quantitative estimate of drug-likeness (QED) is 0.487. The van der Waals surface area contributed by atoms with Crippen LogP contribution >= 0.6 is 0 Å². The molecule has 146 valence electrons. The summed E-state index contributed by atoms with van der Waals surface area (Å²) in [6, 6.07) is 12.3. The van der Waals surface area contributed by atoms with E-state index in [1.165, 1.54) is 11.8 Å². The highest BCUT2D eigenvalue weighted by molar-refractivity contribution is 5.79. The lowest BCUT2D eigenvalue weighted by atomic mass is 10.0. The van der Waals surface area contributed by atoms with Crippen molar-refractivity contribution in [3.8, 4) is 11.3 Å². The molecule has 0 unspecified atom stereocenters. The van der Waals surface area contributed by atoms with Crippen LogP contribution in [0.2, 0.25) is 0 Å². The number of benzene rings is 1. The van der Waals surface area contributed by atoms with Gasteiger partial charge >= 0.3 is 5.69 Å². The second kappa shape index (κ2) is 6.21. The topological polar surface area (TPSA) is 109 Å². The van der Waals surface area contributed by atoms with Gasteiger partial charge in [0.15, 0.2) is 5.65 Å². The fourth-order valence-electron chi connectivity index (χ4n) is 4.17. The van der Waals surface area contributed by atoms with Gasteiger partial charge in [0.1, 0.15) is 0 Å². The number of hydrogen-bond acceptors (Lipinski definition) is 5. The van der Waals surface area contributed by atoms with Crippen molar-refractivity contribution >= 4 is 16.6 Å². The van der Waals surface area contributed by atoms with Gasteiger partial charge < -0.3 is 4.98 Å². The number of aromatic nitrogens is 6. The van der Waals surface area contributed by atoms with Crippen LogP contribution in [0.3, 0.4) is 0 Å². The van der Waals surface area contributed by atoms with Crippen molar-refractivity contribution in [1.82, 2.24) is 29.5 Å². The number of hydrogen-bond donors (Lipinski definition) is 2. The smallest absolute Gasteiger partial charge is 0.313 e. The number of aromatic amines is 2. The zero-order chi connectivity index (χ0) is 20.2. The van der Waals surface area contributed by atoms with Crippen LogP contribution in [0, 0.1) is 0 Å². The maximum atomic E-state index is 12.3. The summed E-state index contributed by atoms with van der Waals surface area (Å²) in [6.45, 7) is 0. The minimum absolute atomic E-state index is 0.277. The first-order chi connectivity index (χ1) is 14.7. The summed E-state index contributed by atoms with van der Waals surface area (Å²) in [5.41, 5.74) is 3.87. The molecule has 4 heterocycles. The van der Waals surface area contributed by atoms with Gasteiger partial charge in [0.2, 0.25) is 0 Å². The fraction of sp³-hybridized carbons (Fsp3) is 0.136. The third-order valence-corrected chi connectivity index (χ3v) is 5.73. The Morgan fingerprint density at radius 1 is 1.03 bits per heavy atom. The highest BCUT2D eigenvalue weighted by atomic mass is 16.2. The zero-order valence-corrected chi connectivity index (χ0v) is 15.7. The molecule has 4 aromatic heterocycles. The molecule has 0 aliphatic heterocycles. The first-order valence-corrected chi connectivity index (χ1v) is 9.69. The SMILES string of the molecule is O=c1[nH]cc(-c2cc([C@H]3C[C@@H]3c3ccc4cccnc4c3)c3nccn3n2)c(=O)[nH]1. The molecule has 1 saturated carbocycles. The lowest BCUT2D eigenvalue weighted by Crippen LogP contribution is -2.23. The molecule has 0 bridgehead atoms. The molecule has 30 heavy (non-hydrogen) atoms. The second-order valence-electron chi connectivity index (χ2n) is 7.57. The summed E-state index contributed by atoms with van der Waals surface area (Å²) in [4.78, 5) is 37.4. The van der Waals surface area contributed by atoms with E-state index < -0.39 is 11.2 Å². The molecule has 0 amide bonds. The van der Waals surface area contributed by atoms with Crippen LogP contribution in [-0.2, 0) is 0 Å². The van der Waals surface area contributed by atoms with Crippen LogP contribution < -0.4 is 11.2 Å². The molecular weight excluding hydrogens is 380 g/mol. The van der Waals surface area contributed by atoms with E-state index in [9.17, 15) is 9.59 Å². The molecule has 6 rings (SSSR count). The minimum Gasteiger partial charge on any atom is -0.313 e. The van der Waals surface area contributed by atoms with Crippen LogP contribution in [0.25, 0.3) is 27.8 Å². The third kappa shape index (κ3) is 2.65. The van der Waals surface area contributed by atoms with Crippen LogP contribution in [0.15, 0.2) is 70.8 Å². The Bertz CT molecular complexity index is 1550. The Hall–Kier alpha value is -4.07. The predicted octanol–water partition coefficient (Wildman–Crippen LogP) is 2.59. The number of imidazole rings is 1. The van der Waals surface area contributed by atoms with Crippen LogP contribution in [0.1, 0.15) is 29.4 Å². The summed E-state index contributed by atoms with van der Waals surface area (Å²) in [5, 5.41) is 5.63. The van der Waals surface area contributed by atoms with E-state index in [2.05, 4.69) is 49.3 Å². The Balaban J connectivity index is 1.44. The summed E-state index contributed by atoms with van der Waals surface area (Å²) >= 11 is 0. The molecule has 8 heteroatoms. The maximum absolute atomic E-state index is 12.3. The molecular formula is C22H16N6O2. The van der Waals surface area contributed by atoms with E-state index in [4.69, 9.17) is 0 Å². The van der Waals surface area contributed by atoms with E-state index >= 15 is 0 Å². The molecule has 1 aliphatic carbocycles. The standard InChI is InChI=1S/C22H16N6O2/c29-21-17(11-25-22(30)26-21)19-10-16(20-24-6-7-28(20)27-19)15-9-14(15)13-4-3-12-2-1-5-23-18(12)8-13/h1-8,10-11,14-15H,9H2,(H2,25,26,29,30)/t14-,15+/m1/s1. The van der Waals surface area contributed by atoms with Crippen molar-refractivity contribution in [1.29, 1.82) is 0 Å². The first kappa shape index (κ1) is 16.8. The van der Waals surface area contributed by atoms with Gasteiger partial charge in [0.05, 0.1) is 16.8 Å². The lowest BCUT2D eigenvalue weighted by molar-refractivity contribution is 0.906. The van der Waals surface area contributed by atoms with Crippen molar-refractivity contribution in [2.75, 3.05) is 0 Å². The molecule has 5 aromatic rings. The number of pyridine rings is 1. The largest absolute Gasteiger partial charge is 0.325 e. The molecule has 0 radical (unpaired) electrons. The van der Waals surface area contributed by atoms with Crippen molar-refractivity contribution in [2.45, 2.75) is 18.3 Å². The summed E-state index contributed by atoms with van der Waals surface area (Å²) in [6.07, 6.45) is 7.66. The lowest BCUT2D eigenvalue weighted by Gasteiger charge is -2.08. The van der Waals surface area contributed by atoms with E-state index in [0.717, 1.165) is 28.5 Å². The van der Waals surface area contributed by atoms with Gasteiger partial charge in [0, 0.05) is 35.7 Å². The van der Waals surface area contributed by atoms with Gasteiger partial charge in [-0.1, -0.05) is 18.2 Å². The summed E-state index contributed by atoms with van der Waals surface area (Å²) in [7, 11) is 0. The number of rotatable bonds is 3. The number of nitrogens with one attached hydrogen (secondary N) is 2. The van der Waals surface area contributed by atoms with Crippen molar-refractivity contribution in [2.24, 2.45) is 0 Å². The molecule has 1 aromatic carbocycles. The van der Waals surface area contributed by atoms with Gasteiger partial charge in [-0.05, 0) is 42.0 Å². The highest BCUT2D eigenvalue weighted by Gasteiger charge is 2.41. The van der Waals surface area contributed by atoms with Gasteiger partial charge in [-0.2, -0.15) is 5.10 Å². The average molecular weight is 396 g/mol. The third-order valence-electron chi connectivity index (χ3n) is 5.73. The highest BCUT2D eigenvalue weighted by Crippen LogP contribution is 2.55. The van der Waals surface area contributed by atoms with Crippen LogP contribution in [0.5, 0.6) is 0 Å². The normalized spacial score (nSPS) is 18.1. The van der Waals surface area contributed by atoms with Crippen LogP contribution in [-0.4, -0.2) is 29.5 Å². The van der Waals surface area contributed by atoms with Gasteiger partial charge in [0.25, 0.3) is 5.56 Å². The number of nitrogens with zero attached hydrogens (tertiary/aromatic N) is 4. The van der Waals surface area contributed by atoms with E-state index in [1.54, 1.807) is 23.1 Å². The van der Waals surface area contributed by atoms with E-state index in [-0.39, 0.29) is 5.92 Å². The predicted molar refractivity (Wildman–Crippen MR) is 112 cm³/mol. The van der Waals surface area contributed by atoms with Gasteiger partial charge in [-0.15, -0.1) is 0 Å². The Morgan fingerprint density at radius 2 is 1.97 bits per heavy atom. The molecule has 8 nitrogen and oxygen atoms in total. The molecule has 1 fully saturated rings. The Labute approximate surface area is 169 Å². The van der Waals surface area contributed by atoms with Crippen molar-refractivity contribution in [3.63, 3.8) is 0 Å². The minimum atomic E-state index is -0.542. The first-order valence-electron chi connectivity index (χ1n) is 9.69. The second-order valence-corrected chi connectivity index (χ2v) is 7.57. The van der Waals surface area contributed by atoms with Gasteiger partial charge in [-0.3, -0.25) is 14.8 Å². The molecule has 0 spiro atoms. The van der Waals surface area contributed by atoms with Gasteiger partial charge in [-0.25, -0.2) is 14.3 Å². The molecule has 2 atom stereocenters. The maximum Gasteiger partial charge on any atom is 0.325 e.